The van der Waals surface area contributed by atoms with E-state index in [0.29, 0.717) is 18.8 Å². The fourth-order valence-corrected chi connectivity index (χ4v) is 5.90. The number of hydrogen-bond acceptors (Lipinski definition) is 5. The summed E-state index contributed by atoms with van der Waals surface area (Å²) in [5.41, 5.74) is 0. The molecule has 2 heterocycles. The van der Waals surface area contributed by atoms with Gasteiger partial charge in [-0.05, 0) is 29.6 Å². The third kappa shape index (κ3) is 4.64. The van der Waals surface area contributed by atoms with Crippen LogP contribution in [0.4, 0.5) is 4.39 Å². The van der Waals surface area contributed by atoms with Gasteiger partial charge in [0.05, 0.1) is 10.6 Å². The highest BCUT2D eigenvalue weighted by atomic mass is 32.2. The Hall–Kier alpha value is -1.42. The summed E-state index contributed by atoms with van der Waals surface area (Å²) in [6, 6.07) is 9.03. The first-order valence-electron chi connectivity index (χ1n) is 8.10. The summed E-state index contributed by atoms with van der Waals surface area (Å²) in [5, 5.41) is 2.01. The van der Waals surface area contributed by atoms with Gasteiger partial charge < -0.3 is 4.90 Å². The van der Waals surface area contributed by atoms with E-state index in [2.05, 4.69) is 0 Å². The molecular weight excluding hydrogens is 395 g/mol. The lowest BCUT2D eigenvalue weighted by molar-refractivity contribution is -0.129. The molecule has 0 radical (unpaired) electrons. The summed E-state index contributed by atoms with van der Waals surface area (Å²) in [6.45, 7) is 1.15. The van der Waals surface area contributed by atoms with Crippen molar-refractivity contribution in [1.82, 2.24) is 9.21 Å². The maximum atomic E-state index is 13.3. The number of halogens is 1. The molecule has 3 rings (SSSR count). The third-order valence-electron chi connectivity index (χ3n) is 4.08. The number of sulfonamides is 1. The smallest absolute Gasteiger partial charge is 0.243 e. The van der Waals surface area contributed by atoms with Gasteiger partial charge in [0.2, 0.25) is 15.9 Å². The Bertz CT molecular complexity index is 848. The number of carbonyl (C=O) groups is 1. The second-order valence-corrected chi connectivity index (χ2v) is 9.77. The Balaban J connectivity index is 1.51. The minimum absolute atomic E-state index is 0.0226. The monoisotopic (exact) mass is 414 g/mol. The van der Waals surface area contributed by atoms with Gasteiger partial charge in [-0.2, -0.15) is 4.31 Å². The Kier molecular flexibility index (Phi) is 6.33. The Morgan fingerprint density at radius 3 is 2.58 bits per heavy atom. The molecule has 0 N–H and O–H groups in total. The molecule has 1 aliphatic heterocycles. The van der Waals surface area contributed by atoms with Crippen LogP contribution in [0.15, 0.2) is 46.7 Å². The quantitative estimate of drug-likeness (QED) is 0.729. The fourth-order valence-electron chi connectivity index (χ4n) is 2.68. The van der Waals surface area contributed by atoms with Crippen molar-refractivity contribution in [2.45, 2.75) is 10.6 Å². The van der Waals surface area contributed by atoms with E-state index in [0.717, 1.165) is 11.8 Å². The van der Waals surface area contributed by atoms with Crippen LogP contribution in [0.25, 0.3) is 0 Å². The minimum Gasteiger partial charge on any atom is -0.339 e. The third-order valence-corrected chi connectivity index (χ3v) is 8.00. The second-order valence-electron chi connectivity index (χ2n) is 5.81. The molecule has 0 spiro atoms. The standard InChI is InChI=1S/C17H19FN2O3S3/c18-14-3-1-5-16(11-14)26(22,23)20-8-6-19(7-9-20)17(21)13-24-12-15-4-2-10-25-15/h1-5,10-11H,6-9,12-13H2. The average Bonchev–Trinajstić information content (AvgIpc) is 3.15. The Morgan fingerprint density at radius 2 is 1.92 bits per heavy atom. The highest BCUT2D eigenvalue weighted by molar-refractivity contribution is 7.99. The van der Waals surface area contributed by atoms with E-state index >= 15 is 0 Å². The highest BCUT2D eigenvalue weighted by Gasteiger charge is 2.30. The number of hydrogen-bond donors (Lipinski definition) is 0. The van der Waals surface area contributed by atoms with Crippen LogP contribution in [0.3, 0.4) is 0 Å². The van der Waals surface area contributed by atoms with Gasteiger partial charge in [0.15, 0.2) is 0 Å². The first-order valence-corrected chi connectivity index (χ1v) is 11.6. The maximum Gasteiger partial charge on any atom is 0.243 e. The van der Waals surface area contributed by atoms with Crippen LogP contribution < -0.4 is 0 Å². The molecule has 1 fully saturated rings. The first kappa shape index (κ1) is 19.3. The Labute approximate surface area is 160 Å². The summed E-state index contributed by atoms with van der Waals surface area (Å²) in [7, 11) is -3.73. The zero-order valence-corrected chi connectivity index (χ0v) is 16.5. The molecule has 2 aromatic rings. The summed E-state index contributed by atoms with van der Waals surface area (Å²) < 4.78 is 39.8. The molecule has 1 saturated heterocycles. The number of nitrogens with zero attached hydrogens (tertiary/aromatic N) is 2. The van der Waals surface area contributed by atoms with Crippen molar-refractivity contribution in [3.8, 4) is 0 Å². The molecule has 1 aliphatic rings. The SMILES string of the molecule is O=C(CSCc1cccs1)N1CCN(S(=O)(=O)c2cccc(F)c2)CC1. The van der Waals surface area contributed by atoms with Crippen LogP contribution >= 0.6 is 23.1 Å². The van der Waals surface area contributed by atoms with E-state index in [-0.39, 0.29) is 23.9 Å². The number of piperazine rings is 1. The molecule has 26 heavy (non-hydrogen) atoms. The number of amides is 1. The van der Waals surface area contributed by atoms with Gasteiger partial charge in [0, 0.05) is 36.8 Å². The molecule has 140 valence electrons. The largest absolute Gasteiger partial charge is 0.339 e. The van der Waals surface area contributed by atoms with Crippen molar-refractivity contribution in [1.29, 1.82) is 0 Å². The van der Waals surface area contributed by atoms with Gasteiger partial charge in [0.25, 0.3) is 0 Å². The zero-order chi connectivity index (χ0) is 18.6. The lowest BCUT2D eigenvalue weighted by atomic mass is 10.3. The van der Waals surface area contributed by atoms with E-state index in [1.54, 1.807) is 28.0 Å². The molecule has 1 amide bonds. The topological polar surface area (TPSA) is 57.7 Å². The molecule has 0 aliphatic carbocycles. The molecule has 1 aromatic carbocycles. The lowest BCUT2D eigenvalue weighted by Gasteiger charge is -2.34. The molecule has 0 saturated carbocycles. The van der Waals surface area contributed by atoms with E-state index < -0.39 is 15.8 Å². The van der Waals surface area contributed by atoms with Gasteiger partial charge in [-0.3, -0.25) is 4.79 Å². The van der Waals surface area contributed by atoms with Crippen molar-refractivity contribution in [3.63, 3.8) is 0 Å². The predicted octanol–water partition coefficient (Wildman–Crippen LogP) is 2.65. The van der Waals surface area contributed by atoms with E-state index in [1.807, 2.05) is 17.5 Å². The van der Waals surface area contributed by atoms with Crippen LogP contribution in [0, 0.1) is 5.82 Å². The Morgan fingerprint density at radius 1 is 1.15 bits per heavy atom. The van der Waals surface area contributed by atoms with Crippen LogP contribution in [-0.4, -0.2) is 55.5 Å². The molecule has 9 heteroatoms. The molecule has 0 bridgehead atoms. The highest BCUT2D eigenvalue weighted by Crippen LogP contribution is 2.20. The van der Waals surface area contributed by atoms with Gasteiger partial charge >= 0.3 is 0 Å². The molecular formula is C17H19FN2O3S3. The van der Waals surface area contributed by atoms with Crippen molar-refractivity contribution in [3.05, 3.63) is 52.5 Å². The summed E-state index contributed by atoms with van der Waals surface area (Å²) in [5.74, 6) is 0.628. The normalized spacial score (nSPS) is 16.0. The average molecular weight is 415 g/mol. The fraction of sp³-hybridized carbons (Fsp3) is 0.353. The molecule has 5 nitrogen and oxygen atoms in total. The van der Waals surface area contributed by atoms with Crippen molar-refractivity contribution < 1.29 is 17.6 Å². The van der Waals surface area contributed by atoms with Crippen molar-refractivity contribution in [2.24, 2.45) is 0 Å². The summed E-state index contributed by atoms with van der Waals surface area (Å²) in [4.78, 5) is 15.2. The van der Waals surface area contributed by atoms with Crippen molar-refractivity contribution >= 4 is 39.0 Å². The van der Waals surface area contributed by atoms with Crippen LogP contribution in [-0.2, 0) is 20.6 Å². The van der Waals surface area contributed by atoms with Crippen LogP contribution in [0.2, 0.25) is 0 Å². The summed E-state index contributed by atoms with van der Waals surface area (Å²) in [6.07, 6.45) is 0. The number of benzene rings is 1. The van der Waals surface area contributed by atoms with Crippen LogP contribution in [0.5, 0.6) is 0 Å². The van der Waals surface area contributed by atoms with Gasteiger partial charge in [0.1, 0.15) is 5.82 Å². The van der Waals surface area contributed by atoms with E-state index in [9.17, 15) is 17.6 Å². The molecule has 0 atom stereocenters. The van der Waals surface area contributed by atoms with Crippen LogP contribution in [0.1, 0.15) is 4.88 Å². The number of thioether (sulfide) groups is 1. The maximum absolute atomic E-state index is 13.3. The first-order chi connectivity index (χ1) is 12.5. The van der Waals surface area contributed by atoms with Crippen molar-refractivity contribution in [2.75, 3.05) is 31.9 Å². The number of thiophene rings is 1. The minimum atomic E-state index is -3.73. The van der Waals surface area contributed by atoms with Gasteiger partial charge in [-0.1, -0.05) is 12.1 Å². The number of rotatable bonds is 6. The zero-order valence-electron chi connectivity index (χ0n) is 14.0. The van der Waals surface area contributed by atoms with Gasteiger partial charge in [-0.15, -0.1) is 23.1 Å². The second kappa shape index (κ2) is 8.51. The number of carbonyl (C=O) groups excluding carboxylic acids is 1. The lowest BCUT2D eigenvalue weighted by Crippen LogP contribution is -2.51. The molecule has 1 aromatic heterocycles. The van der Waals surface area contributed by atoms with E-state index in [4.69, 9.17) is 0 Å². The predicted molar refractivity (Wildman–Crippen MR) is 102 cm³/mol. The van der Waals surface area contributed by atoms with Gasteiger partial charge in [-0.25, -0.2) is 12.8 Å². The molecule has 0 unspecified atom stereocenters. The van der Waals surface area contributed by atoms with E-state index in [1.165, 1.54) is 27.4 Å². The summed E-state index contributed by atoms with van der Waals surface area (Å²) >= 11 is 3.23.